The lowest BCUT2D eigenvalue weighted by molar-refractivity contribution is 0.0497. The molecule has 2 aromatic heterocycles. The number of aromatic nitrogens is 4. The highest BCUT2D eigenvalue weighted by Crippen LogP contribution is 2.28. The predicted octanol–water partition coefficient (Wildman–Crippen LogP) is 1.87. The van der Waals surface area contributed by atoms with Gasteiger partial charge in [-0.05, 0) is 23.9 Å². The molecule has 3 rings (SSSR count). The fourth-order valence-corrected chi connectivity index (χ4v) is 2.71. The number of halogens is 1. The average Bonchev–Trinajstić information content (AvgIpc) is 2.86. The molecule has 2 atom stereocenters. The standard InChI is InChI=1S/C12H16ClN5O/c1-7-3-4-18(5-8(7)19-2)11-9-10(15-6-14-9)16-12(13)17-11/h6-8H,3-5H2,1-2H3,(H,14,15,16,17). The van der Waals surface area contributed by atoms with Crippen LogP contribution >= 0.6 is 11.6 Å². The number of fused-ring (bicyclic) bond motifs is 1. The number of anilines is 1. The van der Waals surface area contributed by atoms with Crippen LogP contribution in [0.15, 0.2) is 6.33 Å². The Balaban J connectivity index is 1.97. The molecule has 3 heterocycles. The molecule has 0 bridgehead atoms. The molecule has 7 heteroatoms. The van der Waals surface area contributed by atoms with Crippen molar-refractivity contribution in [2.75, 3.05) is 25.1 Å². The summed E-state index contributed by atoms with van der Waals surface area (Å²) in [6, 6.07) is 0. The first-order valence-electron chi connectivity index (χ1n) is 6.33. The monoisotopic (exact) mass is 281 g/mol. The van der Waals surface area contributed by atoms with Crippen molar-refractivity contribution >= 4 is 28.6 Å². The largest absolute Gasteiger partial charge is 0.379 e. The summed E-state index contributed by atoms with van der Waals surface area (Å²) in [7, 11) is 1.75. The van der Waals surface area contributed by atoms with E-state index in [0.717, 1.165) is 30.8 Å². The topological polar surface area (TPSA) is 66.9 Å². The number of nitrogens with one attached hydrogen (secondary N) is 1. The van der Waals surface area contributed by atoms with E-state index in [-0.39, 0.29) is 11.4 Å². The third-order valence-electron chi connectivity index (χ3n) is 3.73. The Kier molecular flexibility index (Phi) is 3.28. The highest BCUT2D eigenvalue weighted by Gasteiger charge is 2.28. The number of hydrogen-bond acceptors (Lipinski definition) is 5. The van der Waals surface area contributed by atoms with Gasteiger partial charge in [-0.2, -0.15) is 9.97 Å². The highest BCUT2D eigenvalue weighted by atomic mass is 35.5. The molecule has 19 heavy (non-hydrogen) atoms. The Labute approximate surface area is 116 Å². The number of nitrogens with zero attached hydrogens (tertiary/aromatic N) is 4. The molecule has 102 valence electrons. The van der Waals surface area contributed by atoms with Gasteiger partial charge in [-0.25, -0.2) is 4.98 Å². The summed E-state index contributed by atoms with van der Waals surface area (Å²) in [5, 5.41) is 0.224. The molecule has 0 saturated carbocycles. The van der Waals surface area contributed by atoms with Crippen molar-refractivity contribution in [1.82, 2.24) is 19.9 Å². The van der Waals surface area contributed by atoms with Crippen LogP contribution in [0.2, 0.25) is 5.28 Å². The van der Waals surface area contributed by atoms with Gasteiger partial charge < -0.3 is 14.6 Å². The summed E-state index contributed by atoms with van der Waals surface area (Å²) in [5.74, 6) is 1.36. The molecular weight excluding hydrogens is 266 g/mol. The van der Waals surface area contributed by atoms with Gasteiger partial charge in [0.15, 0.2) is 11.5 Å². The van der Waals surface area contributed by atoms with E-state index in [1.807, 2.05) is 0 Å². The van der Waals surface area contributed by atoms with Gasteiger partial charge in [0.2, 0.25) is 5.28 Å². The van der Waals surface area contributed by atoms with Gasteiger partial charge in [-0.3, -0.25) is 0 Å². The first kappa shape index (κ1) is 12.6. The summed E-state index contributed by atoms with van der Waals surface area (Å²) in [5.41, 5.74) is 1.43. The maximum Gasteiger partial charge on any atom is 0.226 e. The van der Waals surface area contributed by atoms with Gasteiger partial charge in [0.05, 0.1) is 12.4 Å². The summed E-state index contributed by atoms with van der Waals surface area (Å²) in [6.07, 6.45) is 2.88. The number of piperidine rings is 1. The molecule has 2 unspecified atom stereocenters. The lowest BCUT2D eigenvalue weighted by atomic mass is 9.96. The molecule has 6 nitrogen and oxygen atoms in total. The molecule has 0 spiro atoms. The van der Waals surface area contributed by atoms with E-state index in [1.54, 1.807) is 13.4 Å². The maximum atomic E-state index is 5.96. The van der Waals surface area contributed by atoms with Crippen LogP contribution in [0.5, 0.6) is 0 Å². The zero-order chi connectivity index (χ0) is 13.4. The second-order valence-corrected chi connectivity index (χ2v) is 5.24. The number of hydrogen-bond donors (Lipinski definition) is 1. The molecule has 0 amide bonds. The summed E-state index contributed by atoms with van der Waals surface area (Å²) >= 11 is 5.96. The van der Waals surface area contributed by atoms with Crippen LogP contribution < -0.4 is 4.90 Å². The SMILES string of the molecule is COC1CN(c2nc(Cl)nc3nc[nH]c23)CCC1C. The lowest BCUT2D eigenvalue weighted by Gasteiger charge is -2.36. The number of methoxy groups -OCH3 is 1. The van der Waals surface area contributed by atoms with E-state index in [2.05, 4.69) is 31.8 Å². The molecule has 1 aliphatic rings. The van der Waals surface area contributed by atoms with Gasteiger partial charge in [-0.15, -0.1) is 0 Å². The summed E-state index contributed by atoms with van der Waals surface area (Å²) in [4.78, 5) is 17.8. The van der Waals surface area contributed by atoms with Crippen molar-refractivity contribution in [2.24, 2.45) is 5.92 Å². The lowest BCUT2D eigenvalue weighted by Crippen LogP contribution is -2.44. The maximum absolute atomic E-state index is 5.96. The number of H-pyrrole nitrogens is 1. The quantitative estimate of drug-likeness (QED) is 0.851. The van der Waals surface area contributed by atoms with Crippen LogP contribution in [0.3, 0.4) is 0 Å². The number of imidazole rings is 1. The molecule has 1 aliphatic heterocycles. The average molecular weight is 282 g/mol. The van der Waals surface area contributed by atoms with Crippen LogP contribution in [0.1, 0.15) is 13.3 Å². The predicted molar refractivity (Wildman–Crippen MR) is 73.5 cm³/mol. The first-order chi connectivity index (χ1) is 9.19. The highest BCUT2D eigenvalue weighted by molar-refractivity contribution is 6.28. The normalized spacial score (nSPS) is 24.1. The van der Waals surface area contributed by atoms with Gasteiger partial charge >= 0.3 is 0 Å². The van der Waals surface area contributed by atoms with Gasteiger partial charge in [-0.1, -0.05) is 6.92 Å². The van der Waals surface area contributed by atoms with Crippen LogP contribution in [-0.2, 0) is 4.74 Å². The van der Waals surface area contributed by atoms with Crippen molar-refractivity contribution in [3.63, 3.8) is 0 Å². The van der Waals surface area contributed by atoms with Gasteiger partial charge in [0.1, 0.15) is 5.52 Å². The molecule has 1 saturated heterocycles. The second-order valence-electron chi connectivity index (χ2n) is 4.90. The van der Waals surface area contributed by atoms with Crippen LogP contribution in [0, 0.1) is 5.92 Å². The Bertz CT molecular complexity index is 587. The van der Waals surface area contributed by atoms with Crippen LogP contribution in [0.25, 0.3) is 11.2 Å². The zero-order valence-electron chi connectivity index (χ0n) is 10.9. The van der Waals surface area contributed by atoms with Gasteiger partial charge in [0.25, 0.3) is 0 Å². The molecule has 0 aliphatic carbocycles. The number of rotatable bonds is 2. The first-order valence-corrected chi connectivity index (χ1v) is 6.71. The second kappa shape index (κ2) is 4.94. The smallest absolute Gasteiger partial charge is 0.226 e. The Morgan fingerprint density at radius 3 is 3.11 bits per heavy atom. The molecular formula is C12H16ClN5O. The van der Waals surface area contributed by atoms with Crippen molar-refractivity contribution in [2.45, 2.75) is 19.4 Å². The minimum Gasteiger partial charge on any atom is -0.379 e. The van der Waals surface area contributed by atoms with E-state index in [9.17, 15) is 0 Å². The third-order valence-corrected chi connectivity index (χ3v) is 3.90. The fourth-order valence-electron chi connectivity index (χ4n) is 2.55. The Morgan fingerprint density at radius 1 is 1.47 bits per heavy atom. The van der Waals surface area contributed by atoms with Gasteiger partial charge in [0, 0.05) is 20.2 Å². The minimum absolute atomic E-state index is 0.209. The molecule has 1 N–H and O–H groups in total. The van der Waals surface area contributed by atoms with Crippen LogP contribution in [0.4, 0.5) is 5.82 Å². The minimum atomic E-state index is 0.209. The van der Waals surface area contributed by atoms with E-state index in [1.165, 1.54) is 0 Å². The molecule has 1 fully saturated rings. The van der Waals surface area contributed by atoms with Crippen molar-refractivity contribution in [3.05, 3.63) is 11.6 Å². The number of aromatic amines is 1. The van der Waals surface area contributed by atoms with E-state index >= 15 is 0 Å². The molecule has 0 aromatic carbocycles. The third kappa shape index (κ3) is 2.26. The number of ether oxygens (including phenoxy) is 1. The van der Waals surface area contributed by atoms with E-state index in [4.69, 9.17) is 16.3 Å². The zero-order valence-corrected chi connectivity index (χ0v) is 11.7. The molecule has 2 aromatic rings. The van der Waals surface area contributed by atoms with Crippen molar-refractivity contribution in [3.8, 4) is 0 Å². The Hall–Kier alpha value is -1.40. The fraction of sp³-hybridized carbons (Fsp3) is 0.583. The van der Waals surface area contributed by atoms with Crippen molar-refractivity contribution in [1.29, 1.82) is 0 Å². The molecule has 0 radical (unpaired) electrons. The summed E-state index contributed by atoms with van der Waals surface area (Å²) < 4.78 is 5.54. The summed E-state index contributed by atoms with van der Waals surface area (Å²) in [6.45, 7) is 3.95. The van der Waals surface area contributed by atoms with E-state index < -0.39 is 0 Å². The van der Waals surface area contributed by atoms with Crippen LogP contribution in [-0.4, -0.2) is 46.2 Å². The van der Waals surface area contributed by atoms with E-state index in [0.29, 0.717) is 11.6 Å². The van der Waals surface area contributed by atoms with Crippen molar-refractivity contribution < 1.29 is 4.74 Å². The Morgan fingerprint density at radius 2 is 2.32 bits per heavy atom.